The van der Waals surface area contributed by atoms with E-state index in [0.29, 0.717) is 11.3 Å². The first-order chi connectivity index (χ1) is 12.8. The highest BCUT2D eigenvalue weighted by atomic mass is 32.2. The van der Waals surface area contributed by atoms with Gasteiger partial charge in [-0.1, -0.05) is 0 Å². The van der Waals surface area contributed by atoms with Crippen LogP contribution in [0.2, 0.25) is 0 Å². The fraction of sp³-hybridized carbons (Fsp3) is 0.474. The highest BCUT2D eigenvalue weighted by molar-refractivity contribution is 7.89. The fourth-order valence-corrected chi connectivity index (χ4v) is 4.73. The summed E-state index contributed by atoms with van der Waals surface area (Å²) in [4.78, 5) is 12.4. The molecule has 1 aromatic heterocycles. The molecule has 0 saturated heterocycles. The van der Waals surface area contributed by atoms with Crippen LogP contribution in [0.15, 0.2) is 27.9 Å². The number of methoxy groups -OCH3 is 1. The van der Waals surface area contributed by atoms with Crippen molar-refractivity contribution in [2.75, 3.05) is 13.7 Å². The van der Waals surface area contributed by atoms with E-state index < -0.39 is 10.0 Å². The van der Waals surface area contributed by atoms with Crippen LogP contribution in [0.4, 0.5) is 0 Å². The smallest absolute Gasteiger partial charge is 0.267 e. The van der Waals surface area contributed by atoms with E-state index in [1.54, 1.807) is 39.2 Å². The molecule has 2 aromatic rings. The number of fused-ring (bicyclic) bond motifs is 1. The first kappa shape index (κ1) is 19.6. The lowest BCUT2D eigenvalue weighted by Crippen LogP contribution is -2.33. The van der Waals surface area contributed by atoms with Gasteiger partial charge in [-0.15, -0.1) is 0 Å². The third-order valence-electron chi connectivity index (χ3n) is 4.87. The first-order valence-corrected chi connectivity index (χ1v) is 10.5. The molecule has 146 valence electrons. The highest BCUT2D eigenvalue weighted by Crippen LogP contribution is 2.25. The van der Waals surface area contributed by atoms with Crippen molar-refractivity contribution < 1.29 is 13.2 Å². The van der Waals surface area contributed by atoms with Crippen LogP contribution in [0.3, 0.4) is 0 Å². The van der Waals surface area contributed by atoms with Gasteiger partial charge in [0.25, 0.3) is 5.56 Å². The molecule has 1 aliphatic carbocycles. The predicted octanol–water partition coefficient (Wildman–Crippen LogP) is 1.73. The van der Waals surface area contributed by atoms with Crippen molar-refractivity contribution in [2.45, 2.75) is 51.0 Å². The standard InChI is InChI=1S/C19H25N3O4S/c1-13-11-18(14(2)10-17(13)26-3)27(24,25)20-8-9-22-19(23)12-15-6-4-5-7-16(15)21-22/h10-12,20H,4-9H2,1-3H3. The third-order valence-corrected chi connectivity index (χ3v) is 6.47. The van der Waals surface area contributed by atoms with Gasteiger partial charge in [-0.25, -0.2) is 17.8 Å². The van der Waals surface area contributed by atoms with E-state index in [0.717, 1.165) is 42.5 Å². The molecule has 1 aliphatic rings. The van der Waals surface area contributed by atoms with E-state index in [4.69, 9.17) is 4.74 Å². The van der Waals surface area contributed by atoms with Gasteiger partial charge in [-0.05, 0) is 68.4 Å². The average Bonchev–Trinajstić information content (AvgIpc) is 2.63. The summed E-state index contributed by atoms with van der Waals surface area (Å²) in [5.74, 6) is 0.649. The van der Waals surface area contributed by atoms with Crippen LogP contribution in [-0.4, -0.2) is 31.9 Å². The summed E-state index contributed by atoms with van der Waals surface area (Å²) in [6.45, 7) is 3.82. The topological polar surface area (TPSA) is 90.3 Å². The number of aromatic nitrogens is 2. The van der Waals surface area contributed by atoms with Crippen molar-refractivity contribution in [1.82, 2.24) is 14.5 Å². The molecule has 0 atom stereocenters. The molecule has 0 unspecified atom stereocenters. The molecule has 7 nitrogen and oxygen atoms in total. The molecule has 1 aromatic carbocycles. The maximum absolute atomic E-state index is 12.7. The Morgan fingerprint density at radius 1 is 1.15 bits per heavy atom. The molecule has 0 bridgehead atoms. The SMILES string of the molecule is COc1cc(C)c(S(=O)(=O)NCCn2nc3c(cc2=O)CCCC3)cc1C. The minimum absolute atomic E-state index is 0.0958. The summed E-state index contributed by atoms with van der Waals surface area (Å²) in [6.07, 6.45) is 3.91. The Labute approximate surface area is 159 Å². The Hall–Kier alpha value is -2.19. The number of nitrogens with one attached hydrogen (secondary N) is 1. The molecule has 0 amide bonds. The van der Waals surface area contributed by atoms with Crippen LogP contribution >= 0.6 is 0 Å². The van der Waals surface area contributed by atoms with E-state index in [9.17, 15) is 13.2 Å². The van der Waals surface area contributed by atoms with Crippen molar-refractivity contribution in [3.63, 3.8) is 0 Å². The van der Waals surface area contributed by atoms with Crippen LogP contribution in [0.25, 0.3) is 0 Å². The first-order valence-electron chi connectivity index (χ1n) is 9.06. The molecule has 27 heavy (non-hydrogen) atoms. The second-order valence-electron chi connectivity index (χ2n) is 6.87. The molecule has 3 rings (SSSR count). The number of aryl methyl sites for hydroxylation is 4. The maximum atomic E-state index is 12.7. The molecule has 0 aliphatic heterocycles. The molecular formula is C19H25N3O4S. The van der Waals surface area contributed by atoms with Gasteiger partial charge in [0, 0.05) is 12.6 Å². The summed E-state index contributed by atoms with van der Waals surface area (Å²) in [7, 11) is -2.13. The Balaban J connectivity index is 1.73. The minimum atomic E-state index is -3.69. The molecular weight excluding hydrogens is 366 g/mol. The third kappa shape index (κ3) is 4.22. The van der Waals surface area contributed by atoms with Gasteiger partial charge < -0.3 is 4.74 Å². The highest BCUT2D eigenvalue weighted by Gasteiger charge is 2.19. The van der Waals surface area contributed by atoms with Gasteiger partial charge in [-0.2, -0.15) is 5.10 Å². The van der Waals surface area contributed by atoms with Crippen molar-refractivity contribution in [3.05, 3.63) is 50.9 Å². The number of sulfonamides is 1. The molecule has 0 radical (unpaired) electrons. The van der Waals surface area contributed by atoms with Crippen LogP contribution in [0.1, 0.15) is 35.2 Å². The maximum Gasteiger partial charge on any atom is 0.267 e. The zero-order chi connectivity index (χ0) is 19.6. The number of hydrogen-bond donors (Lipinski definition) is 1. The normalized spacial score (nSPS) is 14.0. The van der Waals surface area contributed by atoms with E-state index in [-0.39, 0.29) is 23.5 Å². The zero-order valence-electron chi connectivity index (χ0n) is 15.9. The Morgan fingerprint density at radius 3 is 2.63 bits per heavy atom. The van der Waals surface area contributed by atoms with Gasteiger partial charge in [0.2, 0.25) is 10.0 Å². The molecule has 0 spiro atoms. The zero-order valence-corrected chi connectivity index (χ0v) is 16.7. The fourth-order valence-electron chi connectivity index (χ4n) is 3.40. The van der Waals surface area contributed by atoms with Crippen molar-refractivity contribution in [3.8, 4) is 5.75 Å². The van der Waals surface area contributed by atoms with Crippen molar-refractivity contribution in [2.24, 2.45) is 0 Å². The lowest BCUT2D eigenvalue weighted by Gasteiger charge is -2.16. The molecule has 8 heteroatoms. The monoisotopic (exact) mass is 391 g/mol. The lowest BCUT2D eigenvalue weighted by atomic mass is 9.97. The van der Waals surface area contributed by atoms with Gasteiger partial charge in [0.1, 0.15) is 5.75 Å². The quantitative estimate of drug-likeness (QED) is 0.810. The van der Waals surface area contributed by atoms with Crippen LogP contribution in [-0.2, 0) is 29.4 Å². The number of rotatable bonds is 6. The van der Waals surface area contributed by atoms with E-state index in [1.807, 2.05) is 0 Å². The predicted molar refractivity (Wildman–Crippen MR) is 103 cm³/mol. The Morgan fingerprint density at radius 2 is 1.89 bits per heavy atom. The summed E-state index contributed by atoms with van der Waals surface area (Å²) in [6, 6.07) is 4.94. The van der Waals surface area contributed by atoms with Crippen LogP contribution in [0, 0.1) is 13.8 Å². The molecule has 1 heterocycles. The summed E-state index contributed by atoms with van der Waals surface area (Å²) < 4.78 is 34.4. The Bertz CT molecular complexity index is 1010. The van der Waals surface area contributed by atoms with Crippen molar-refractivity contribution in [1.29, 1.82) is 0 Å². The largest absolute Gasteiger partial charge is 0.496 e. The number of benzene rings is 1. The Kier molecular flexibility index (Phi) is 5.67. The van der Waals surface area contributed by atoms with Crippen LogP contribution in [0.5, 0.6) is 5.75 Å². The number of nitrogens with zero attached hydrogens (tertiary/aromatic N) is 2. The van der Waals surface area contributed by atoms with Gasteiger partial charge >= 0.3 is 0 Å². The van der Waals surface area contributed by atoms with E-state index >= 15 is 0 Å². The van der Waals surface area contributed by atoms with Crippen LogP contribution < -0.4 is 15.0 Å². The number of ether oxygens (including phenoxy) is 1. The van der Waals surface area contributed by atoms with Crippen molar-refractivity contribution >= 4 is 10.0 Å². The molecule has 1 N–H and O–H groups in total. The van der Waals surface area contributed by atoms with E-state index in [2.05, 4.69) is 9.82 Å². The summed E-state index contributed by atoms with van der Waals surface area (Å²) in [5.41, 5.74) is 3.13. The second kappa shape index (κ2) is 7.82. The van der Waals surface area contributed by atoms with Gasteiger partial charge in [0.05, 0.1) is 24.2 Å². The second-order valence-corrected chi connectivity index (χ2v) is 8.61. The molecule has 0 fully saturated rings. The van der Waals surface area contributed by atoms with Gasteiger partial charge in [-0.3, -0.25) is 4.79 Å². The minimum Gasteiger partial charge on any atom is -0.496 e. The average molecular weight is 391 g/mol. The molecule has 0 saturated carbocycles. The van der Waals surface area contributed by atoms with Gasteiger partial charge in [0.15, 0.2) is 0 Å². The lowest BCUT2D eigenvalue weighted by molar-refractivity contribution is 0.411. The van der Waals surface area contributed by atoms with E-state index in [1.165, 1.54) is 4.68 Å². The number of hydrogen-bond acceptors (Lipinski definition) is 5. The summed E-state index contributed by atoms with van der Waals surface area (Å²) >= 11 is 0. The summed E-state index contributed by atoms with van der Waals surface area (Å²) in [5, 5.41) is 4.41.